The highest BCUT2D eigenvalue weighted by Crippen LogP contribution is 2.17. The second kappa shape index (κ2) is 5.53. The fourth-order valence-electron chi connectivity index (χ4n) is 2.45. The molecule has 98 valence electrons. The average Bonchev–Trinajstić information content (AvgIpc) is 2.47. The van der Waals surface area contributed by atoms with Crippen LogP contribution in [0.2, 0.25) is 0 Å². The molecule has 18 heavy (non-hydrogen) atoms. The molecule has 1 heterocycles. The zero-order valence-electron chi connectivity index (χ0n) is 11.3. The van der Waals surface area contributed by atoms with Gasteiger partial charge < -0.3 is 10.6 Å². The van der Waals surface area contributed by atoms with Gasteiger partial charge in [0.15, 0.2) is 0 Å². The van der Waals surface area contributed by atoms with Gasteiger partial charge in [-0.05, 0) is 37.8 Å². The largest absolute Gasteiger partial charge is 0.338 e. The van der Waals surface area contributed by atoms with E-state index in [1.165, 1.54) is 16.7 Å². The number of hydrogen-bond acceptors (Lipinski definition) is 2. The summed E-state index contributed by atoms with van der Waals surface area (Å²) < 4.78 is 0. The number of hydrogen-bond donors (Lipinski definition) is 1. The monoisotopic (exact) mass is 246 g/mol. The van der Waals surface area contributed by atoms with E-state index in [1.54, 1.807) is 0 Å². The fraction of sp³-hybridized carbons (Fsp3) is 0.533. The van der Waals surface area contributed by atoms with E-state index >= 15 is 0 Å². The van der Waals surface area contributed by atoms with Crippen molar-refractivity contribution < 1.29 is 4.79 Å². The fourth-order valence-corrected chi connectivity index (χ4v) is 2.45. The Morgan fingerprint density at radius 1 is 1.33 bits per heavy atom. The van der Waals surface area contributed by atoms with Crippen molar-refractivity contribution in [3.05, 3.63) is 34.9 Å². The van der Waals surface area contributed by atoms with Crippen molar-refractivity contribution >= 4 is 5.91 Å². The summed E-state index contributed by atoms with van der Waals surface area (Å²) in [5.41, 5.74) is 9.69. The normalized spacial score (nSPS) is 20.9. The van der Waals surface area contributed by atoms with E-state index in [-0.39, 0.29) is 11.9 Å². The summed E-state index contributed by atoms with van der Waals surface area (Å²) in [7, 11) is 0. The minimum absolute atomic E-state index is 0.179. The summed E-state index contributed by atoms with van der Waals surface area (Å²) >= 11 is 0. The molecule has 0 saturated carbocycles. The summed E-state index contributed by atoms with van der Waals surface area (Å²) in [4.78, 5) is 14.0. The van der Waals surface area contributed by atoms with Crippen molar-refractivity contribution in [2.24, 2.45) is 5.73 Å². The molecule has 0 bridgehead atoms. The van der Waals surface area contributed by atoms with Crippen LogP contribution in [0.4, 0.5) is 0 Å². The predicted octanol–water partition coefficient (Wildman–Crippen LogP) is 2.14. The van der Waals surface area contributed by atoms with E-state index in [0.717, 1.165) is 25.9 Å². The van der Waals surface area contributed by atoms with Gasteiger partial charge in [-0.3, -0.25) is 4.79 Å². The summed E-state index contributed by atoms with van der Waals surface area (Å²) in [5, 5.41) is 0. The second-order valence-electron chi connectivity index (χ2n) is 5.33. The number of benzene rings is 1. The molecular formula is C15H22N2O. The zero-order valence-corrected chi connectivity index (χ0v) is 11.3. The van der Waals surface area contributed by atoms with Gasteiger partial charge in [0, 0.05) is 25.6 Å². The van der Waals surface area contributed by atoms with Crippen LogP contribution in [-0.4, -0.2) is 23.4 Å². The molecule has 1 amide bonds. The van der Waals surface area contributed by atoms with Gasteiger partial charge >= 0.3 is 0 Å². The minimum Gasteiger partial charge on any atom is -0.338 e. The number of likely N-dealkylation sites (tertiary alicyclic amines) is 1. The molecule has 1 saturated heterocycles. The summed E-state index contributed by atoms with van der Waals surface area (Å²) in [6, 6.07) is 6.58. The molecule has 1 aliphatic heterocycles. The van der Waals surface area contributed by atoms with E-state index in [2.05, 4.69) is 32.0 Å². The van der Waals surface area contributed by atoms with Gasteiger partial charge in [0.1, 0.15) is 0 Å². The number of nitrogens with zero attached hydrogens (tertiary/aromatic N) is 1. The highest BCUT2D eigenvalue weighted by molar-refractivity contribution is 5.76. The van der Waals surface area contributed by atoms with Crippen LogP contribution in [0.1, 0.15) is 36.0 Å². The predicted molar refractivity (Wildman–Crippen MR) is 73.2 cm³/mol. The Morgan fingerprint density at radius 2 is 2.11 bits per heavy atom. The lowest BCUT2D eigenvalue weighted by Crippen LogP contribution is -2.30. The van der Waals surface area contributed by atoms with E-state index in [0.29, 0.717) is 6.42 Å². The molecule has 0 aliphatic carbocycles. The quantitative estimate of drug-likeness (QED) is 0.869. The SMILES string of the molecule is Cc1ccc(CN2CCC(N)CCC2=O)c(C)c1. The van der Waals surface area contributed by atoms with Crippen LogP contribution in [0, 0.1) is 13.8 Å². The van der Waals surface area contributed by atoms with Crippen LogP contribution in [0.3, 0.4) is 0 Å². The van der Waals surface area contributed by atoms with Crippen LogP contribution < -0.4 is 5.73 Å². The molecule has 1 unspecified atom stereocenters. The lowest BCUT2D eigenvalue weighted by Gasteiger charge is -2.22. The van der Waals surface area contributed by atoms with Gasteiger partial charge in [-0.25, -0.2) is 0 Å². The summed E-state index contributed by atoms with van der Waals surface area (Å²) in [6.07, 6.45) is 2.32. The third-order valence-electron chi connectivity index (χ3n) is 3.71. The van der Waals surface area contributed by atoms with E-state index in [1.807, 2.05) is 4.90 Å². The first-order valence-corrected chi connectivity index (χ1v) is 6.66. The van der Waals surface area contributed by atoms with Crippen molar-refractivity contribution in [3.8, 4) is 0 Å². The van der Waals surface area contributed by atoms with E-state index in [4.69, 9.17) is 5.73 Å². The highest BCUT2D eigenvalue weighted by atomic mass is 16.2. The van der Waals surface area contributed by atoms with Crippen LogP contribution >= 0.6 is 0 Å². The van der Waals surface area contributed by atoms with Crippen LogP contribution in [0.25, 0.3) is 0 Å². The molecule has 1 aromatic carbocycles. The number of carbonyl (C=O) groups is 1. The van der Waals surface area contributed by atoms with Gasteiger partial charge in [0.2, 0.25) is 5.91 Å². The molecule has 0 aromatic heterocycles. The lowest BCUT2D eigenvalue weighted by molar-refractivity contribution is -0.131. The van der Waals surface area contributed by atoms with Crippen molar-refractivity contribution in [2.75, 3.05) is 6.54 Å². The number of carbonyl (C=O) groups excluding carboxylic acids is 1. The minimum atomic E-state index is 0.179. The van der Waals surface area contributed by atoms with E-state index < -0.39 is 0 Å². The molecule has 0 radical (unpaired) electrons. The molecule has 2 rings (SSSR count). The molecular weight excluding hydrogens is 224 g/mol. The van der Waals surface area contributed by atoms with Crippen molar-refractivity contribution in [1.29, 1.82) is 0 Å². The maximum absolute atomic E-state index is 12.0. The number of rotatable bonds is 2. The maximum Gasteiger partial charge on any atom is 0.222 e. The Hall–Kier alpha value is -1.35. The molecule has 1 fully saturated rings. The number of aryl methyl sites for hydroxylation is 2. The molecule has 3 nitrogen and oxygen atoms in total. The Kier molecular flexibility index (Phi) is 4.02. The first-order chi connectivity index (χ1) is 8.56. The topological polar surface area (TPSA) is 46.3 Å². The first kappa shape index (κ1) is 13.1. The summed E-state index contributed by atoms with van der Waals surface area (Å²) in [5.74, 6) is 0.239. The Labute approximate surface area is 109 Å². The smallest absolute Gasteiger partial charge is 0.222 e. The molecule has 2 N–H and O–H groups in total. The highest BCUT2D eigenvalue weighted by Gasteiger charge is 2.20. The van der Waals surface area contributed by atoms with Gasteiger partial charge in [-0.2, -0.15) is 0 Å². The van der Waals surface area contributed by atoms with Crippen molar-refractivity contribution in [3.63, 3.8) is 0 Å². The van der Waals surface area contributed by atoms with Crippen LogP contribution in [-0.2, 0) is 11.3 Å². The van der Waals surface area contributed by atoms with Gasteiger partial charge in [-0.15, -0.1) is 0 Å². The molecule has 3 heteroatoms. The standard InChI is InChI=1S/C15H22N2O/c1-11-3-4-13(12(2)9-11)10-17-8-7-14(16)5-6-15(17)18/h3-4,9,14H,5-8,10,16H2,1-2H3. The summed E-state index contributed by atoms with van der Waals surface area (Å²) in [6.45, 7) is 5.70. The third-order valence-corrected chi connectivity index (χ3v) is 3.71. The van der Waals surface area contributed by atoms with Crippen molar-refractivity contribution in [1.82, 2.24) is 4.90 Å². The number of nitrogens with two attached hydrogens (primary N) is 1. The Morgan fingerprint density at radius 3 is 2.83 bits per heavy atom. The van der Waals surface area contributed by atoms with Crippen molar-refractivity contribution in [2.45, 2.75) is 45.7 Å². The lowest BCUT2D eigenvalue weighted by atomic mass is 10.1. The zero-order chi connectivity index (χ0) is 13.1. The van der Waals surface area contributed by atoms with Crippen LogP contribution in [0.5, 0.6) is 0 Å². The second-order valence-corrected chi connectivity index (χ2v) is 5.33. The first-order valence-electron chi connectivity index (χ1n) is 6.66. The molecule has 0 spiro atoms. The van der Waals surface area contributed by atoms with Gasteiger partial charge in [0.05, 0.1) is 0 Å². The Balaban J connectivity index is 2.09. The molecule has 1 atom stereocenters. The maximum atomic E-state index is 12.0. The Bertz CT molecular complexity index is 442. The van der Waals surface area contributed by atoms with Gasteiger partial charge in [0.25, 0.3) is 0 Å². The van der Waals surface area contributed by atoms with Gasteiger partial charge in [-0.1, -0.05) is 23.8 Å². The van der Waals surface area contributed by atoms with Crippen LogP contribution in [0.15, 0.2) is 18.2 Å². The third kappa shape index (κ3) is 3.10. The number of amides is 1. The molecule has 1 aliphatic rings. The average molecular weight is 246 g/mol. The molecule has 1 aromatic rings. The van der Waals surface area contributed by atoms with E-state index in [9.17, 15) is 4.79 Å².